The number of aryl methyl sites for hydroxylation is 2. The Kier molecular flexibility index (Phi) is 4.46. The van der Waals surface area contributed by atoms with Gasteiger partial charge in [0.1, 0.15) is 13.1 Å². The van der Waals surface area contributed by atoms with E-state index in [1.807, 2.05) is 0 Å². The molecule has 2 heterocycles. The fourth-order valence-corrected chi connectivity index (χ4v) is 2.00. The highest BCUT2D eigenvalue weighted by Gasteiger charge is 2.04. The molecule has 0 aliphatic rings. The molecule has 2 rings (SSSR count). The van der Waals surface area contributed by atoms with Gasteiger partial charge in [0.2, 0.25) is 0 Å². The molecule has 0 aliphatic carbocycles. The summed E-state index contributed by atoms with van der Waals surface area (Å²) < 4.78 is 4.43. The maximum atomic E-state index is 2.25. The van der Waals surface area contributed by atoms with Crippen molar-refractivity contribution < 1.29 is 9.13 Å². The molecular formula is C16H22N2+2. The van der Waals surface area contributed by atoms with E-state index in [-0.39, 0.29) is 0 Å². The lowest BCUT2D eigenvalue weighted by Gasteiger charge is -2.00. The van der Waals surface area contributed by atoms with Gasteiger partial charge in [-0.3, -0.25) is 0 Å². The molecule has 0 N–H and O–H groups in total. The first-order valence-corrected chi connectivity index (χ1v) is 6.82. The van der Waals surface area contributed by atoms with E-state index < -0.39 is 0 Å². The van der Waals surface area contributed by atoms with Gasteiger partial charge in [0, 0.05) is 30.7 Å². The third-order valence-corrected chi connectivity index (χ3v) is 3.25. The van der Waals surface area contributed by atoms with Crippen molar-refractivity contribution in [2.75, 3.05) is 0 Å². The number of hydrogen-bond donors (Lipinski definition) is 0. The Morgan fingerprint density at radius 1 is 0.778 bits per heavy atom. The van der Waals surface area contributed by atoms with Crippen molar-refractivity contribution in [3.8, 4) is 11.1 Å². The minimum atomic E-state index is 1.02. The molecule has 0 radical (unpaired) electrons. The predicted molar refractivity (Wildman–Crippen MR) is 72.9 cm³/mol. The van der Waals surface area contributed by atoms with Crippen LogP contribution in [0.2, 0.25) is 0 Å². The molecule has 2 aromatic rings. The average Bonchev–Trinajstić information content (AvgIpc) is 2.46. The summed E-state index contributed by atoms with van der Waals surface area (Å²) in [5.41, 5.74) is 2.56. The van der Waals surface area contributed by atoms with Gasteiger partial charge in [-0.25, -0.2) is 9.13 Å². The molecule has 0 unspecified atom stereocenters. The van der Waals surface area contributed by atoms with E-state index in [2.05, 4.69) is 72.0 Å². The third-order valence-electron chi connectivity index (χ3n) is 3.25. The predicted octanol–water partition coefficient (Wildman–Crippen LogP) is 2.75. The van der Waals surface area contributed by atoms with Crippen LogP contribution in [-0.2, 0) is 13.1 Å². The first-order valence-electron chi connectivity index (χ1n) is 6.82. The molecular weight excluding hydrogens is 220 g/mol. The SMILES string of the molecule is CCCC[n+]1ccc(-c2cc[n+](CC)cc2)cc1. The zero-order valence-electron chi connectivity index (χ0n) is 11.3. The molecule has 0 aromatic carbocycles. The molecule has 2 aromatic heterocycles. The summed E-state index contributed by atoms with van der Waals surface area (Å²) in [5, 5.41) is 0. The smallest absolute Gasteiger partial charge is 0.169 e. The van der Waals surface area contributed by atoms with Crippen molar-refractivity contribution in [2.24, 2.45) is 0 Å². The van der Waals surface area contributed by atoms with Gasteiger partial charge < -0.3 is 0 Å². The second-order valence-corrected chi connectivity index (χ2v) is 4.60. The topological polar surface area (TPSA) is 7.76 Å². The van der Waals surface area contributed by atoms with Gasteiger partial charge in [0.15, 0.2) is 24.8 Å². The van der Waals surface area contributed by atoms with E-state index in [0.717, 1.165) is 13.1 Å². The standard InChI is InChI=1S/C16H22N2/c1-3-5-10-18-13-8-16(9-14-18)15-6-11-17(4-2)12-7-15/h6-9,11-14H,3-5,10H2,1-2H3/q+2. The molecule has 2 nitrogen and oxygen atoms in total. The highest BCUT2D eigenvalue weighted by atomic mass is 14.9. The van der Waals surface area contributed by atoms with E-state index >= 15 is 0 Å². The second-order valence-electron chi connectivity index (χ2n) is 4.60. The number of nitrogens with zero attached hydrogens (tertiary/aromatic N) is 2. The summed E-state index contributed by atoms with van der Waals surface area (Å²) in [5.74, 6) is 0. The highest BCUT2D eigenvalue weighted by Crippen LogP contribution is 2.15. The van der Waals surface area contributed by atoms with Crippen LogP contribution >= 0.6 is 0 Å². The molecule has 0 fully saturated rings. The van der Waals surface area contributed by atoms with Crippen molar-refractivity contribution in [2.45, 2.75) is 39.8 Å². The van der Waals surface area contributed by atoms with E-state index in [9.17, 15) is 0 Å². The van der Waals surface area contributed by atoms with Crippen molar-refractivity contribution in [3.63, 3.8) is 0 Å². The lowest BCUT2D eigenvalue weighted by molar-refractivity contribution is -0.697. The maximum Gasteiger partial charge on any atom is 0.169 e. The van der Waals surface area contributed by atoms with Gasteiger partial charge in [0.25, 0.3) is 0 Å². The van der Waals surface area contributed by atoms with Crippen LogP contribution in [0.4, 0.5) is 0 Å². The fourth-order valence-electron chi connectivity index (χ4n) is 2.00. The quantitative estimate of drug-likeness (QED) is 0.712. The third kappa shape index (κ3) is 3.16. The van der Waals surface area contributed by atoms with Crippen LogP contribution in [-0.4, -0.2) is 0 Å². The monoisotopic (exact) mass is 242 g/mol. The van der Waals surface area contributed by atoms with Crippen molar-refractivity contribution in [3.05, 3.63) is 49.1 Å². The molecule has 94 valence electrons. The molecule has 2 heteroatoms. The summed E-state index contributed by atoms with van der Waals surface area (Å²) in [7, 11) is 0. The molecule has 0 bridgehead atoms. The van der Waals surface area contributed by atoms with Gasteiger partial charge in [-0.15, -0.1) is 0 Å². The van der Waals surface area contributed by atoms with Gasteiger partial charge in [-0.2, -0.15) is 0 Å². The van der Waals surface area contributed by atoms with Crippen LogP contribution in [0.1, 0.15) is 26.7 Å². The maximum absolute atomic E-state index is 2.25. The van der Waals surface area contributed by atoms with Crippen LogP contribution in [0.3, 0.4) is 0 Å². The Morgan fingerprint density at radius 3 is 1.72 bits per heavy atom. The average molecular weight is 242 g/mol. The summed E-state index contributed by atoms with van der Waals surface area (Å²) >= 11 is 0. The Labute approximate surface area is 110 Å². The minimum absolute atomic E-state index is 1.02. The Hall–Kier alpha value is -1.70. The van der Waals surface area contributed by atoms with Crippen LogP contribution in [0.15, 0.2) is 49.1 Å². The number of aromatic nitrogens is 2. The fraction of sp³-hybridized carbons (Fsp3) is 0.375. The van der Waals surface area contributed by atoms with Crippen LogP contribution in [0.25, 0.3) is 11.1 Å². The largest absolute Gasteiger partial charge is 0.205 e. The lowest BCUT2D eigenvalue weighted by atomic mass is 10.1. The van der Waals surface area contributed by atoms with E-state index in [1.165, 1.54) is 24.0 Å². The molecule has 0 saturated carbocycles. The normalized spacial score (nSPS) is 10.6. The molecule has 18 heavy (non-hydrogen) atoms. The number of unbranched alkanes of at least 4 members (excludes halogenated alkanes) is 1. The second kappa shape index (κ2) is 6.29. The molecule has 0 atom stereocenters. The minimum Gasteiger partial charge on any atom is -0.205 e. The van der Waals surface area contributed by atoms with Crippen LogP contribution < -0.4 is 9.13 Å². The summed E-state index contributed by atoms with van der Waals surface area (Å²) in [6.45, 7) is 6.51. The van der Waals surface area contributed by atoms with Gasteiger partial charge in [-0.05, 0) is 18.1 Å². The van der Waals surface area contributed by atoms with Gasteiger partial charge in [-0.1, -0.05) is 13.3 Å². The number of pyridine rings is 2. The Balaban J connectivity index is 2.12. The first kappa shape index (κ1) is 12.7. The lowest BCUT2D eigenvalue weighted by Crippen LogP contribution is -2.32. The summed E-state index contributed by atoms with van der Waals surface area (Å²) in [6.07, 6.45) is 11.1. The zero-order chi connectivity index (χ0) is 12.8. The molecule has 0 spiro atoms. The first-order chi connectivity index (χ1) is 8.83. The summed E-state index contributed by atoms with van der Waals surface area (Å²) in [4.78, 5) is 0. The Bertz CT molecular complexity index is 471. The van der Waals surface area contributed by atoms with Crippen LogP contribution in [0, 0.1) is 0 Å². The van der Waals surface area contributed by atoms with Gasteiger partial charge >= 0.3 is 0 Å². The molecule has 0 aliphatic heterocycles. The van der Waals surface area contributed by atoms with Crippen LogP contribution in [0.5, 0.6) is 0 Å². The van der Waals surface area contributed by atoms with Gasteiger partial charge in [0.05, 0.1) is 0 Å². The zero-order valence-corrected chi connectivity index (χ0v) is 11.3. The molecule has 0 amide bonds. The molecule has 0 saturated heterocycles. The van der Waals surface area contributed by atoms with Crippen molar-refractivity contribution in [1.29, 1.82) is 0 Å². The number of rotatable bonds is 5. The highest BCUT2D eigenvalue weighted by molar-refractivity contribution is 5.60. The summed E-state index contributed by atoms with van der Waals surface area (Å²) in [6, 6.07) is 8.74. The van der Waals surface area contributed by atoms with Crippen molar-refractivity contribution in [1.82, 2.24) is 0 Å². The number of hydrogen-bond acceptors (Lipinski definition) is 0. The Morgan fingerprint density at radius 2 is 1.28 bits per heavy atom. The van der Waals surface area contributed by atoms with E-state index in [4.69, 9.17) is 0 Å². The van der Waals surface area contributed by atoms with E-state index in [1.54, 1.807) is 0 Å². The van der Waals surface area contributed by atoms with Crippen molar-refractivity contribution >= 4 is 0 Å². The van der Waals surface area contributed by atoms with E-state index in [0.29, 0.717) is 0 Å².